The summed E-state index contributed by atoms with van der Waals surface area (Å²) in [5, 5.41) is 8.29. The number of aromatic nitrogens is 3. The summed E-state index contributed by atoms with van der Waals surface area (Å²) in [5.41, 5.74) is 0.606. The average Bonchev–Trinajstić information content (AvgIpc) is 2.85. The smallest absolute Gasteiger partial charge is 0.258 e. The summed E-state index contributed by atoms with van der Waals surface area (Å²) in [6, 6.07) is 2.87. The van der Waals surface area contributed by atoms with Gasteiger partial charge in [-0.3, -0.25) is 4.79 Å². The van der Waals surface area contributed by atoms with Crippen LogP contribution in [0.4, 0.5) is 4.39 Å². The molecule has 0 N–H and O–H groups in total. The van der Waals surface area contributed by atoms with Gasteiger partial charge < -0.3 is 9.47 Å². The Morgan fingerprint density at radius 3 is 2.82 bits per heavy atom. The van der Waals surface area contributed by atoms with Crippen LogP contribution in [0.3, 0.4) is 0 Å². The Bertz CT molecular complexity index is 758. The van der Waals surface area contributed by atoms with Gasteiger partial charge >= 0.3 is 0 Å². The maximum atomic E-state index is 14.1. The van der Waals surface area contributed by atoms with Gasteiger partial charge in [0.25, 0.3) is 5.91 Å². The SMILES string of the molecule is Cc1ccc(F)c(C(=O)N2Cc3nnc(C)n3C(C)C2)c1Cl. The normalized spacial score (nSPS) is 17.5. The van der Waals surface area contributed by atoms with Crippen molar-refractivity contribution in [1.82, 2.24) is 19.7 Å². The minimum atomic E-state index is -0.600. The van der Waals surface area contributed by atoms with Crippen molar-refractivity contribution >= 4 is 17.5 Å². The third kappa shape index (κ3) is 2.27. The highest BCUT2D eigenvalue weighted by Crippen LogP contribution is 2.28. The fraction of sp³-hybridized carbons (Fsp3) is 0.400. The molecule has 116 valence electrons. The van der Waals surface area contributed by atoms with E-state index in [1.165, 1.54) is 6.07 Å². The molecule has 1 aliphatic rings. The molecule has 0 bridgehead atoms. The summed E-state index contributed by atoms with van der Waals surface area (Å²) in [4.78, 5) is 14.3. The highest BCUT2D eigenvalue weighted by molar-refractivity contribution is 6.34. The lowest BCUT2D eigenvalue weighted by Gasteiger charge is -2.32. The van der Waals surface area contributed by atoms with Gasteiger partial charge in [-0.15, -0.1) is 10.2 Å². The van der Waals surface area contributed by atoms with Crippen LogP contribution < -0.4 is 0 Å². The molecule has 2 aromatic rings. The molecule has 7 heteroatoms. The molecule has 0 fully saturated rings. The molecular formula is C15H16ClFN4O. The van der Waals surface area contributed by atoms with Gasteiger partial charge in [-0.2, -0.15) is 0 Å². The topological polar surface area (TPSA) is 51.0 Å². The van der Waals surface area contributed by atoms with E-state index in [-0.39, 0.29) is 16.6 Å². The summed E-state index contributed by atoms with van der Waals surface area (Å²) in [6.07, 6.45) is 0. The summed E-state index contributed by atoms with van der Waals surface area (Å²) >= 11 is 6.13. The number of halogens is 2. The van der Waals surface area contributed by atoms with E-state index in [2.05, 4.69) is 10.2 Å². The van der Waals surface area contributed by atoms with Crippen molar-refractivity contribution in [3.63, 3.8) is 0 Å². The van der Waals surface area contributed by atoms with Gasteiger partial charge in [0.05, 0.1) is 23.2 Å². The van der Waals surface area contributed by atoms with Gasteiger partial charge in [0, 0.05) is 6.54 Å². The Kier molecular flexibility index (Phi) is 3.64. The number of rotatable bonds is 1. The molecule has 1 unspecified atom stereocenters. The quantitative estimate of drug-likeness (QED) is 0.811. The second kappa shape index (κ2) is 5.35. The average molecular weight is 323 g/mol. The molecule has 5 nitrogen and oxygen atoms in total. The van der Waals surface area contributed by atoms with E-state index in [0.29, 0.717) is 24.5 Å². The zero-order chi connectivity index (χ0) is 16.0. The Hall–Kier alpha value is -1.95. The van der Waals surface area contributed by atoms with Gasteiger partial charge in [-0.1, -0.05) is 17.7 Å². The first-order chi connectivity index (χ1) is 10.4. The molecule has 1 atom stereocenters. The number of hydrogen-bond donors (Lipinski definition) is 0. The number of carbonyl (C=O) groups is 1. The van der Waals surface area contributed by atoms with Crippen LogP contribution in [0, 0.1) is 19.7 Å². The lowest BCUT2D eigenvalue weighted by Crippen LogP contribution is -2.41. The van der Waals surface area contributed by atoms with Crippen LogP contribution in [0.1, 0.15) is 40.5 Å². The largest absolute Gasteiger partial charge is 0.329 e. The predicted octanol–water partition coefficient (Wildman–Crippen LogP) is 2.90. The van der Waals surface area contributed by atoms with E-state index < -0.39 is 11.7 Å². The van der Waals surface area contributed by atoms with Crippen molar-refractivity contribution in [3.8, 4) is 0 Å². The Morgan fingerprint density at radius 1 is 1.36 bits per heavy atom. The molecular weight excluding hydrogens is 307 g/mol. The lowest BCUT2D eigenvalue weighted by atomic mass is 10.1. The molecule has 1 aromatic heterocycles. The van der Waals surface area contributed by atoms with Crippen LogP contribution in [0.15, 0.2) is 12.1 Å². The first-order valence-electron chi connectivity index (χ1n) is 7.04. The molecule has 1 amide bonds. The zero-order valence-electron chi connectivity index (χ0n) is 12.6. The third-order valence-electron chi connectivity index (χ3n) is 3.98. The van der Waals surface area contributed by atoms with Crippen molar-refractivity contribution in [2.24, 2.45) is 0 Å². The van der Waals surface area contributed by atoms with Crippen molar-refractivity contribution in [3.05, 3.63) is 45.7 Å². The number of carbonyl (C=O) groups excluding carboxylic acids is 1. The molecule has 1 aliphatic heterocycles. The number of hydrogen-bond acceptors (Lipinski definition) is 3. The van der Waals surface area contributed by atoms with E-state index in [0.717, 1.165) is 5.82 Å². The minimum absolute atomic E-state index is 0.0364. The summed E-state index contributed by atoms with van der Waals surface area (Å²) in [6.45, 7) is 6.37. The molecule has 2 heterocycles. The molecule has 0 saturated heterocycles. The van der Waals surface area contributed by atoms with Crippen molar-refractivity contribution in [1.29, 1.82) is 0 Å². The summed E-state index contributed by atoms with van der Waals surface area (Å²) in [5.74, 6) is 0.504. The number of aryl methyl sites for hydroxylation is 2. The van der Waals surface area contributed by atoms with Crippen LogP contribution in [-0.2, 0) is 6.54 Å². The van der Waals surface area contributed by atoms with Gasteiger partial charge in [0.15, 0.2) is 5.82 Å². The van der Waals surface area contributed by atoms with E-state index in [1.807, 2.05) is 18.4 Å². The number of amides is 1. The molecule has 1 aromatic carbocycles. The number of nitrogens with zero attached hydrogens (tertiary/aromatic N) is 4. The summed E-state index contributed by atoms with van der Waals surface area (Å²) < 4.78 is 16.1. The van der Waals surface area contributed by atoms with Gasteiger partial charge in [-0.25, -0.2) is 4.39 Å². The maximum Gasteiger partial charge on any atom is 0.258 e. The molecule has 0 aliphatic carbocycles. The summed E-state index contributed by atoms with van der Waals surface area (Å²) in [7, 11) is 0. The van der Waals surface area contributed by atoms with E-state index >= 15 is 0 Å². The fourth-order valence-electron chi connectivity index (χ4n) is 2.90. The van der Waals surface area contributed by atoms with Crippen LogP contribution >= 0.6 is 11.6 Å². The second-order valence-corrected chi connectivity index (χ2v) is 6.00. The standard InChI is InChI=1S/C15H16ClFN4O/c1-8-4-5-11(17)13(14(8)16)15(22)20-6-9(2)21-10(3)18-19-12(21)7-20/h4-5,9H,6-7H2,1-3H3. The lowest BCUT2D eigenvalue weighted by molar-refractivity contribution is 0.0675. The van der Waals surface area contributed by atoms with Gasteiger partial charge in [-0.05, 0) is 32.4 Å². The highest BCUT2D eigenvalue weighted by atomic mass is 35.5. The van der Waals surface area contributed by atoms with Crippen molar-refractivity contribution in [2.75, 3.05) is 6.54 Å². The zero-order valence-corrected chi connectivity index (χ0v) is 13.4. The molecule has 22 heavy (non-hydrogen) atoms. The van der Waals surface area contributed by atoms with Crippen LogP contribution in [-0.4, -0.2) is 32.1 Å². The monoisotopic (exact) mass is 322 g/mol. The maximum absolute atomic E-state index is 14.1. The van der Waals surface area contributed by atoms with Gasteiger partial charge in [0.1, 0.15) is 11.6 Å². The van der Waals surface area contributed by atoms with Gasteiger partial charge in [0.2, 0.25) is 0 Å². The van der Waals surface area contributed by atoms with Crippen molar-refractivity contribution < 1.29 is 9.18 Å². The predicted molar refractivity (Wildman–Crippen MR) is 80.4 cm³/mol. The number of fused-ring (bicyclic) bond motifs is 1. The second-order valence-electron chi connectivity index (χ2n) is 5.62. The van der Waals surface area contributed by atoms with Crippen LogP contribution in [0.5, 0.6) is 0 Å². The molecule has 0 saturated carbocycles. The first kappa shape index (κ1) is 15.0. The van der Waals surface area contributed by atoms with E-state index in [1.54, 1.807) is 17.9 Å². The van der Waals surface area contributed by atoms with Crippen LogP contribution in [0.2, 0.25) is 5.02 Å². The fourth-order valence-corrected chi connectivity index (χ4v) is 3.13. The Labute approximate surface area is 132 Å². The van der Waals surface area contributed by atoms with E-state index in [4.69, 9.17) is 11.6 Å². The van der Waals surface area contributed by atoms with Crippen LogP contribution in [0.25, 0.3) is 0 Å². The molecule has 0 spiro atoms. The van der Waals surface area contributed by atoms with E-state index in [9.17, 15) is 9.18 Å². The Morgan fingerprint density at radius 2 is 2.09 bits per heavy atom. The first-order valence-corrected chi connectivity index (χ1v) is 7.42. The molecule has 0 radical (unpaired) electrons. The number of benzene rings is 1. The molecule has 3 rings (SSSR count). The van der Waals surface area contributed by atoms with Crippen molar-refractivity contribution in [2.45, 2.75) is 33.4 Å². The Balaban J connectivity index is 1.97. The third-order valence-corrected chi connectivity index (χ3v) is 4.47. The highest BCUT2D eigenvalue weighted by Gasteiger charge is 2.31. The minimum Gasteiger partial charge on any atom is -0.329 e.